The van der Waals surface area contributed by atoms with Crippen LogP contribution in [0.1, 0.15) is 72.1 Å². The molecule has 0 aliphatic heterocycles. The first-order valence-electron chi connectivity index (χ1n) is 10.7. The molecule has 3 heteroatoms. The van der Waals surface area contributed by atoms with Crippen molar-refractivity contribution in [2.75, 3.05) is 0 Å². The summed E-state index contributed by atoms with van der Waals surface area (Å²) in [4.78, 5) is 24.2. The van der Waals surface area contributed by atoms with E-state index < -0.39 is 11.5 Å². The number of hydrogen-bond donors (Lipinski definition) is 1. The number of fused-ring (bicyclic) bond motifs is 2. The van der Waals surface area contributed by atoms with Crippen LogP contribution in [0.3, 0.4) is 0 Å². The van der Waals surface area contributed by atoms with Crippen LogP contribution in [0.25, 0.3) is 0 Å². The van der Waals surface area contributed by atoms with E-state index in [0.29, 0.717) is 23.5 Å². The third-order valence-electron chi connectivity index (χ3n) is 8.77. The van der Waals surface area contributed by atoms with Crippen molar-refractivity contribution in [1.29, 1.82) is 0 Å². The minimum Gasteiger partial charge on any atom is -0.388 e. The molecule has 4 aliphatic carbocycles. The number of rotatable bonds is 4. The highest BCUT2D eigenvalue weighted by Gasteiger charge is 2.56. The summed E-state index contributed by atoms with van der Waals surface area (Å²) in [5.74, 6) is 2.16. The molecule has 3 nitrogen and oxygen atoms in total. The maximum Gasteiger partial charge on any atom is 0.145 e. The molecular weight excluding hydrogens is 324 g/mol. The molecule has 144 valence electrons. The quantitative estimate of drug-likeness (QED) is 0.601. The van der Waals surface area contributed by atoms with Crippen LogP contribution in [0, 0.1) is 40.4 Å². The van der Waals surface area contributed by atoms with Gasteiger partial charge in [0.2, 0.25) is 0 Å². The van der Waals surface area contributed by atoms with Crippen molar-refractivity contribution in [3.63, 3.8) is 0 Å². The molecule has 8 atom stereocenters. The summed E-state index contributed by atoms with van der Waals surface area (Å²) in [6, 6.07) is 0. The third-order valence-corrected chi connectivity index (χ3v) is 8.77. The molecule has 4 aliphatic rings. The highest BCUT2D eigenvalue weighted by Crippen LogP contribution is 2.60. The van der Waals surface area contributed by atoms with Crippen LogP contribution in [0.4, 0.5) is 0 Å². The molecule has 1 N–H and O–H groups in total. The first-order valence-corrected chi connectivity index (χ1v) is 10.7. The van der Waals surface area contributed by atoms with Crippen molar-refractivity contribution >= 4 is 12.1 Å². The van der Waals surface area contributed by atoms with Gasteiger partial charge in [-0.25, -0.2) is 0 Å². The molecule has 0 aromatic rings. The summed E-state index contributed by atoms with van der Waals surface area (Å²) < 4.78 is 0. The van der Waals surface area contributed by atoms with Gasteiger partial charge in [-0.05, 0) is 81.5 Å². The molecular formula is C23H34O3. The minimum absolute atomic E-state index is 0.110. The standard InChI is InChI=1S/C23H34O3/c1-14(13-24)18-6-7-19-16(5-4-9-22(18,19)2)12-20(25)23(3)10-8-15-11-17(15)21(23)26/h12-15,17-20,25H,4-11H2,1-3H3/b16-12+/t14-,15?,17?,18?,19+,20?,22?,23+/m1/s1. The van der Waals surface area contributed by atoms with Gasteiger partial charge in [0.05, 0.1) is 11.5 Å². The predicted molar refractivity (Wildman–Crippen MR) is 101 cm³/mol. The lowest BCUT2D eigenvalue weighted by Crippen LogP contribution is -2.43. The van der Waals surface area contributed by atoms with Crippen LogP contribution >= 0.6 is 0 Å². The number of hydrogen-bond acceptors (Lipinski definition) is 3. The summed E-state index contributed by atoms with van der Waals surface area (Å²) >= 11 is 0. The number of aliphatic hydroxyl groups excluding tert-OH is 1. The minimum atomic E-state index is -0.656. The van der Waals surface area contributed by atoms with Crippen LogP contribution in [-0.4, -0.2) is 23.3 Å². The molecule has 4 fully saturated rings. The maximum absolute atomic E-state index is 12.8. The fourth-order valence-corrected chi connectivity index (χ4v) is 6.84. The number of carbonyl (C=O) groups excluding carboxylic acids is 2. The smallest absolute Gasteiger partial charge is 0.145 e. The van der Waals surface area contributed by atoms with Crippen LogP contribution in [0.2, 0.25) is 0 Å². The Morgan fingerprint density at radius 3 is 2.69 bits per heavy atom. The van der Waals surface area contributed by atoms with Gasteiger partial charge < -0.3 is 9.90 Å². The number of Topliss-reactive ketones (excluding diaryl/α,β-unsaturated/α-hetero) is 1. The van der Waals surface area contributed by atoms with Gasteiger partial charge in [-0.15, -0.1) is 0 Å². The Labute approximate surface area is 157 Å². The predicted octanol–water partition coefficient (Wildman–Crippen LogP) is 4.33. The number of carbonyl (C=O) groups is 2. The van der Waals surface area contributed by atoms with Crippen molar-refractivity contribution in [2.45, 2.75) is 78.2 Å². The molecule has 0 aromatic heterocycles. The van der Waals surface area contributed by atoms with Gasteiger partial charge >= 0.3 is 0 Å². The largest absolute Gasteiger partial charge is 0.388 e. The highest BCUT2D eigenvalue weighted by molar-refractivity contribution is 5.90. The van der Waals surface area contributed by atoms with Crippen LogP contribution in [0.15, 0.2) is 11.6 Å². The lowest BCUT2D eigenvalue weighted by Gasteiger charge is -2.44. The molecule has 0 heterocycles. The van der Waals surface area contributed by atoms with Crippen molar-refractivity contribution < 1.29 is 14.7 Å². The molecule has 4 rings (SSSR count). The Hall–Kier alpha value is -0.960. The zero-order chi connectivity index (χ0) is 18.7. The van der Waals surface area contributed by atoms with E-state index in [2.05, 4.69) is 19.9 Å². The number of ketones is 1. The Bertz CT molecular complexity index is 637. The highest BCUT2D eigenvalue weighted by atomic mass is 16.3. The van der Waals surface area contributed by atoms with Crippen LogP contribution in [0.5, 0.6) is 0 Å². The van der Waals surface area contributed by atoms with Crippen molar-refractivity contribution in [2.24, 2.45) is 40.4 Å². The van der Waals surface area contributed by atoms with Gasteiger partial charge in [0.1, 0.15) is 12.1 Å². The summed E-state index contributed by atoms with van der Waals surface area (Å²) in [5.41, 5.74) is 0.939. The first kappa shape index (κ1) is 18.4. The number of allylic oxidation sites excluding steroid dienone is 1. The Balaban J connectivity index is 1.57. The normalized spacial score (nSPS) is 48.6. The molecule has 0 saturated heterocycles. The Kier molecular flexibility index (Phi) is 4.45. The lowest BCUT2D eigenvalue weighted by atomic mass is 9.60. The van der Waals surface area contributed by atoms with Gasteiger partial charge in [0.15, 0.2) is 0 Å². The molecule has 4 saturated carbocycles. The van der Waals surface area contributed by atoms with E-state index in [1.54, 1.807) is 0 Å². The summed E-state index contributed by atoms with van der Waals surface area (Å²) in [6.07, 6.45) is 11.1. The summed E-state index contributed by atoms with van der Waals surface area (Å²) in [6.45, 7) is 6.41. The second-order valence-corrected chi connectivity index (χ2v) is 10.2. The average Bonchev–Trinajstić information content (AvgIpc) is 3.32. The van der Waals surface area contributed by atoms with E-state index in [9.17, 15) is 14.7 Å². The average molecular weight is 359 g/mol. The molecule has 0 aromatic carbocycles. The van der Waals surface area contributed by atoms with Crippen molar-refractivity contribution in [1.82, 2.24) is 0 Å². The van der Waals surface area contributed by atoms with Gasteiger partial charge in [-0.3, -0.25) is 4.79 Å². The van der Waals surface area contributed by atoms with Crippen LogP contribution < -0.4 is 0 Å². The fourth-order valence-electron chi connectivity index (χ4n) is 6.84. The summed E-state index contributed by atoms with van der Waals surface area (Å²) in [7, 11) is 0. The van der Waals surface area contributed by atoms with Crippen molar-refractivity contribution in [3.05, 3.63) is 11.6 Å². The fraction of sp³-hybridized carbons (Fsp3) is 0.826. The number of aldehydes is 1. The second kappa shape index (κ2) is 6.29. The summed E-state index contributed by atoms with van der Waals surface area (Å²) in [5, 5.41) is 11.1. The topological polar surface area (TPSA) is 54.4 Å². The zero-order valence-electron chi connectivity index (χ0n) is 16.5. The van der Waals surface area contributed by atoms with Gasteiger partial charge in [-0.1, -0.05) is 25.5 Å². The van der Waals surface area contributed by atoms with E-state index in [-0.39, 0.29) is 17.3 Å². The van der Waals surface area contributed by atoms with Crippen molar-refractivity contribution in [3.8, 4) is 0 Å². The molecule has 0 radical (unpaired) electrons. The van der Waals surface area contributed by atoms with E-state index >= 15 is 0 Å². The maximum atomic E-state index is 12.8. The monoisotopic (exact) mass is 358 g/mol. The van der Waals surface area contributed by atoms with E-state index in [4.69, 9.17) is 0 Å². The van der Waals surface area contributed by atoms with Gasteiger partial charge in [-0.2, -0.15) is 0 Å². The number of aliphatic hydroxyl groups is 1. The first-order chi connectivity index (χ1) is 12.3. The Morgan fingerprint density at radius 1 is 1.19 bits per heavy atom. The second-order valence-electron chi connectivity index (χ2n) is 10.2. The molecule has 5 unspecified atom stereocenters. The van der Waals surface area contributed by atoms with Gasteiger partial charge in [0.25, 0.3) is 0 Å². The molecule has 0 spiro atoms. The molecule has 0 amide bonds. The Morgan fingerprint density at radius 2 is 1.96 bits per heavy atom. The molecule has 0 bridgehead atoms. The van der Waals surface area contributed by atoms with E-state index in [1.165, 1.54) is 12.0 Å². The van der Waals surface area contributed by atoms with Gasteiger partial charge in [0, 0.05) is 11.8 Å². The third kappa shape index (κ3) is 2.65. The van der Waals surface area contributed by atoms with Crippen LogP contribution in [-0.2, 0) is 9.59 Å². The lowest BCUT2D eigenvalue weighted by molar-refractivity contribution is -0.137. The van der Waals surface area contributed by atoms with E-state index in [0.717, 1.165) is 51.2 Å². The van der Waals surface area contributed by atoms with E-state index in [1.807, 2.05) is 6.92 Å². The molecule has 26 heavy (non-hydrogen) atoms. The zero-order valence-corrected chi connectivity index (χ0v) is 16.5. The SMILES string of the molecule is C[C@H](C=O)C1CC[C@H]2/C(=C/C(O)[C@]3(C)CCC4CC4C3=O)CCCC12C.